The van der Waals surface area contributed by atoms with Crippen molar-refractivity contribution in [3.8, 4) is 0 Å². The van der Waals surface area contributed by atoms with Gasteiger partial charge in [-0.15, -0.1) is 11.6 Å². The second kappa shape index (κ2) is 5.91. The summed E-state index contributed by atoms with van der Waals surface area (Å²) in [5, 5.41) is 9.43. The Balaban J connectivity index is 2.26. The van der Waals surface area contributed by atoms with Gasteiger partial charge in [0.1, 0.15) is 0 Å². The Morgan fingerprint density at radius 1 is 1.50 bits per heavy atom. The van der Waals surface area contributed by atoms with E-state index < -0.39 is 0 Å². The molecular formula is C10H21ClN2O. The Labute approximate surface area is 91.6 Å². The summed E-state index contributed by atoms with van der Waals surface area (Å²) in [6.07, 6.45) is 2.01. The molecule has 0 aromatic heterocycles. The van der Waals surface area contributed by atoms with Gasteiger partial charge in [-0.1, -0.05) is 0 Å². The quantitative estimate of drug-likeness (QED) is 0.704. The highest BCUT2D eigenvalue weighted by atomic mass is 35.5. The first-order valence-electron chi connectivity index (χ1n) is 5.26. The Morgan fingerprint density at radius 2 is 2.07 bits per heavy atom. The Bertz CT molecular complexity index is 160. The molecule has 0 amide bonds. The molecule has 14 heavy (non-hydrogen) atoms. The highest BCUT2D eigenvalue weighted by Gasteiger charge is 2.21. The first-order chi connectivity index (χ1) is 6.63. The summed E-state index contributed by atoms with van der Waals surface area (Å²) in [5.74, 6) is 0.330. The summed E-state index contributed by atoms with van der Waals surface area (Å²) in [4.78, 5) is 4.59. The highest BCUT2D eigenvalue weighted by molar-refractivity contribution is 6.18. The summed E-state index contributed by atoms with van der Waals surface area (Å²) in [7, 11) is 4.23. The molecule has 1 fully saturated rings. The largest absolute Gasteiger partial charge is 0.391 e. The average molecular weight is 221 g/mol. The van der Waals surface area contributed by atoms with Gasteiger partial charge < -0.3 is 14.9 Å². The predicted molar refractivity (Wildman–Crippen MR) is 59.9 cm³/mol. The molecule has 1 unspecified atom stereocenters. The molecule has 1 atom stereocenters. The van der Waals surface area contributed by atoms with Crippen LogP contribution in [0.5, 0.6) is 0 Å². The van der Waals surface area contributed by atoms with Crippen molar-refractivity contribution in [2.45, 2.75) is 25.0 Å². The third-order valence-corrected chi connectivity index (χ3v) is 3.34. The maximum absolute atomic E-state index is 9.43. The van der Waals surface area contributed by atoms with Crippen LogP contribution in [0.1, 0.15) is 12.8 Å². The second-order valence-corrected chi connectivity index (χ2v) is 4.59. The summed E-state index contributed by atoms with van der Waals surface area (Å²) in [5.41, 5.74) is 0. The summed E-state index contributed by atoms with van der Waals surface area (Å²) >= 11 is 5.57. The number of hydrogen-bond acceptors (Lipinski definition) is 3. The zero-order valence-corrected chi connectivity index (χ0v) is 9.87. The average Bonchev–Trinajstić information content (AvgIpc) is 2.18. The first kappa shape index (κ1) is 12.2. The van der Waals surface area contributed by atoms with Crippen LogP contribution >= 0.6 is 11.6 Å². The topological polar surface area (TPSA) is 26.7 Å². The Morgan fingerprint density at radius 3 is 2.57 bits per heavy atom. The molecule has 1 heterocycles. The third kappa shape index (κ3) is 3.73. The molecule has 1 saturated heterocycles. The molecule has 84 valence electrons. The van der Waals surface area contributed by atoms with Crippen molar-refractivity contribution in [1.82, 2.24) is 9.80 Å². The van der Waals surface area contributed by atoms with Crippen LogP contribution in [0.25, 0.3) is 0 Å². The van der Waals surface area contributed by atoms with Gasteiger partial charge in [-0.3, -0.25) is 0 Å². The highest BCUT2D eigenvalue weighted by Crippen LogP contribution is 2.14. The second-order valence-electron chi connectivity index (χ2n) is 4.28. The lowest BCUT2D eigenvalue weighted by molar-refractivity contribution is 0.0893. The van der Waals surface area contributed by atoms with Crippen molar-refractivity contribution in [2.75, 3.05) is 39.6 Å². The molecule has 1 rings (SSSR count). The maximum Gasteiger partial charge on any atom is 0.0802 e. The number of likely N-dealkylation sites (N-methyl/N-ethyl adjacent to an activating group) is 1. The molecule has 0 aromatic rings. The van der Waals surface area contributed by atoms with E-state index in [0.717, 1.165) is 13.1 Å². The number of hydrogen-bond donors (Lipinski definition) is 1. The molecule has 1 aliphatic rings. The zero-order valence-electron chi connectivity index (χ0n) is 9.12. The van der Waals surface area contributed by atoms with E-state index >= 15 is 0 Å². The standard InChI is InChI=1S/C10H21ClN2O/c1-12-5-3-9(4-6-12)13(2)8-10(14)7-11/h9-10,14H,3-8H2,1-2H3. The Hall–Kier alpha value is 0.170. The summed E-state index contributed by atoms with van der Waals surface area (Å²) in [6.45, 7) is 3.01. The van der Waals surface area contributed by atoms with Crippen LogP contribution in [-0.2, 0) is 0 Å². The summed E-state index contributed by atoms with van der Waals surface area (Å²) in [6, 6.07) is 0.615. The number of halogens is 1. The minimum atomic E-state index is -0.388. The molecule has 1 aliphatic heterocycles. The molecular weight excluding hydrogens is 200 g/mol. The maximum atomic E-state index is 9.43. The first-order valence-corrected chi connectivity index (χ1v) is 5.79. The van der Waals surface area contributed by atoms with Gasteiger partial charge in [-0.05, 0) is 40.0 Å². The lowest BCUT2D eigenvalue weighted by atomic mass is 10.0. The van der Waals surface area contributed by atoms with E-state index in [1.807, 2.05) is 0 Å². The third-order valence-electron chi connectivity index (χ3n) is 2.99. The molecule has 0 spiro atoms. The smallest absolute Gasteiger partial charge is 0.0802 e. The minimum absolute atomic E-state index is 0.330. The number of nitrogens with zero attached hydrogens (tertiary/aromatic N) is 2. The van der Waals surface area contributed by atoms with Gasteiger partial charge in [0.2, 0.25) is 0 Å². The van der Waals surface area contributed by atoms with Crippen molar-refractivity contribution < 1.29 is 5.11 Å². The van der Waals surface area contributed by atoms with Gasteiger partial charge in [0, 0.05) is 18.5 Å². The van der Waals surface area contributed by atoms with Crippen LogP contribution in [0.15, 0.2) is 0 Å². The number of likely N-dealkylation sites (tertiary alicyclic amines) is 1. The normalized spacial score (nSPS) is 22.9. The van der Waals surface area contributed by atoms with Crippen LogP contribution in [0.3, 0.4) is 0 Å². The number of rotatable bonds is 4. The monoisotopic (exact) mass is 220 g/mol. The van der Waals surface area contributed by atoms with Crippen molar-refractivity contribution in [2.24, 2.45) is 0 Å². The van der Waals surface area contributed by atoms with Gasteiger partial charge in [-0.2, -0.15) is 0 Å². The van der Waals surface area contributed by atoms with Crippen molar-refractivity contribution in [3.63, 3.8) is 0 Å². The molecule has 4 heteroatoms. The van der Waals surface area contributed by atoms with Gasteiger partial charge in [-0.25, -0.2) is 0 Å². The number of aliphatic hydroxyl groups excluding tert-OH is 1. The van der Waals surface area contributed by atoms with Gasteiger partial charge >= 0.3 is 0 Å². The van der Waals surface area contributed by atoms with Gasteiger partial charge in [0.15, 0.2) is 0 Å². The predicted octanol–water partition coefficient (Wildman–Crippen LogP) is 0.612. The zero-order chi connectivity index (χ0) is 10.6. The van der Waals surface area contributed by atoms with Crippen LogP contribution in [0.2, 0.25) is 0 Å². The van der Waals surface area contributed by atoms with Crippen molar-refractivity contribution in [3.05, 3.63) is 0 Å². The van der Waals surface area contributed by atoms with Crippen molar-refractivity contribution in [1.29, 1.82) is 0 Å². The number of alkyl halides is 1. The van der Waals surface area contributed by atoms with E-state index in [1.54, 1.807) is 0 Å². The fourth-order valence-corrected chi connectivity index (χ4v) is 2.06. The summed E-state index contributed by atoms with van der Waals surface area (Å²) < 4.78 is 0. The lowest BCUT2D eigenvalue weighted by Crippen LogP contribution is -2.44. The lowest BCUT2D eigenvalue weighted by Gasteiger charge is -2.35. The van der Waals surface area contributed by atoms with E-state index in [4.69, 9.17) is 11.6 Å². The number of piperidine rings is 1. The molecule has 0 bridgehead atoms. The Kier molecular flexibility index (Phi) is 5.17. The molecule has 0 aromatic carbocycles. The van der Waals surface area contributed by atoms with Crippen LogP contribution in [-0.4, -0.2) is 66.7 Å². The molecule has 0 aliphatic carbocycles. The van der Waals surface area contributed by atoms with Crippen LogP contribution in [0, 0.1) is 0 Å². The van der Waals surface area contributed by atoms with Crippen molar-refractivity contribution >= 4 is 11.6 Å². The van der Waals surface area contributed by atoms with E-state index in [9.17, 15) is 5.11 Å². The SMILES string of the molecule is CN1CCC(N(C)CC(O)CCl)CC1. The van der Waals surface area contributed by atoms with E-state index in [0.29, 0.717) is 18.5 Å². The van der Waals surface area contributed by atoms with E-state index in [2.05, 4.69) is 23.9 Å². The van der Waals surface area contributed by atoms with Crippen LogP contribution < -0.4 is 0 Å². The van der Waals surface area contributed by atoms with Gasteiger partial charge in [0.25, 0.3) is 0 Å². The minimum Gasteiger partial charge on any atom is -0.391 e. The van der Waals surface area contributed by atoms with Crippen LogP contribution in [0.4, 0.5) is 0 Å². The number of aliphatic hydroxyl groups is 1. The molecule has 0 saturated carbocycles. The van der Waals surface area contributed by atoms with Gasteiger partial charge in [0.05, 0.1) is 6.10 Å². The molecule has 0 radical (unpaired) electrons. The van der Waals surface area contributed by atoms with E-state index in [1.165, 1.54) is 12.8 Å². The molecule has 1 N–H and O–H groups in total. The van der Waals surface area contributed by atoms with E-state index in [-0.39, 0.29) is 6.10 Å². The fraction of sp³-hybridized carbons (Fsp3) is 1.00. The molecule has 3 nitrogen and oxygen atoms in total. The fourth-order valence-electron chi connectivity index (χ4n) is 1.97.